The van der Waals surface area contributed by atoms with Gasteiger partial charge < -0.3 is 9.47 Å². The molecule has 0 fully saturated rings. The third-order valence-corrected chi connectivity index (χ3v) is 5.08. The van der Waals surface area contributed by atoms with Crippen LogP contribution in [0.2, 0.25) is 0 Å². The summed E-state index contributed by atoms with van der Waals surface area (Å²) < 4.78 is 37.9. The minimum Gasteiger partial charge on any atom is -0.497 e. The molecule has 2 aromatic rings. The summed E-state index contributed by atoms with van der Waals surface area (Å²) in [6.45, 7) is 4.61. The monoisotopic (exact) mass is 349 g/mol. The van der Waals surface area contributed by atoms with Crippen molar-refractivity contribution in [3.05, 3.63) is 53.6 Å². The third-order valence-electron chi connectivity index (χ3n) is 3.62. The van der Waals surface area contributed by atoms with Crippen LogP contribution in [0.25, 0.3) is 0 Å². The number of hydrogen-bond donors (Lipinski definition) is 1. The molecule has 0 aliphatic carbocycles. The molecule has 0 aliphatic heterocycles. The maximum Gasteiger partial charge on any atom is 0.240 e. The Hall–Kier alpha value is -2.05. The molecule has 130 valence electrons. The molecule has 0 aliphatic rings. The Morgan fingerprint density at radius 2 is 1.79 bits per heavy atom. The van der Waals surface area contributed by atoms with Gasteiger partial charge in [0.25, 0.3) is 0 Å². The Bertz CT molecular complexity index is 770. The second kappa shape index (κ2) is 8.17. The quantitative estimate of drug-likeness (QED) is 0.796. The van der Waals surface area contributed by atoms with Crippen LogP contribution in [0.3, 0.4) is 0 Å². The fraction of sp³-hybridized carbons (Fsp3) is 0.333. The topological polar surface area (TPSA) is 64.6 Å². The van der Waals surface area contributed by atoms with Gasteiger partial charge >= 0.3 is 0 Å². The van der Waals surface area contributed by atoms with E-state index in [4.69, 9.17) is 9.47 Å². The number of benzene rings is 2. The molecule has 5 nitrogen and oxygen atoms in total. The molecule has 0 radical (unpaired) electrons. The molecule has 0 saturated carbocycles. The van der Waals surface area contributed by atoms with Gasteiger partial charge in [-0.25, -0.2) is 13.1 Å². The van der Waals surface area contributed by atoms with E-state index in [-0.39, 0.29) is 4.90 Å². The Morgan fingerprint density at radius 3 is 2.38 bits per heavy atom. The average Bonchev–Trinajstić information content (AvgIpc) is 2.57. The lowest BCUT2D eigenvalue weighted by molar-refractivity contribution is 0.337. The zero-order chi connectivity index (χ0) is 17.6. The predicted molar refractivity (Wildman–Crippen MR) is 94.2 cm³/mol. The summed E-state index contributed by atoms with van der Waals surface area (Å²) >= 11 is 0. The van der Waals surface area contributed by atoms with Crippen molar-refractivity contribution in [2.75, 3.05) is 20.3 Å². The average molecular weight is 349 g/mol. The Balaban J connectivity index is 1.98. The Labute approximate surface area is 143 Å². The highest BCUT2D eigenvalue weighted by atomic mass is 32.2. The van der Waals surface area contributed by atoms with E-state index in [9.17, 15) is 8.42 Å². The molecular formula is C18H23NO4S. The molecular weight excluding hydrogens is 326 g/mol. The number of aryl methyl sites for hydroxylation is 1. The van der Waals surface area contributed by atoms with Crippen molar-refractivity contribution < 1.29 is 17.9 Å². The maximum atomic E-state index is 12.4. The van der Waals surface area contributed by atoms with E-state index in [0.717, 1.165) is 16.9 Å². The minimum absolute atomic E-state index is 0.248. The highest BCUT2D eigenvalue weighted by Gasteiger charge is 2.15. The summed E-state index contributed by atoms with van der Waals surface area (Å²) in [6, 6.07) is 12.5. The molecule has 2 aromatic carbocycles. The van der Waals surface area contributed by atoms with E-state index in [2.05, 4.69) is 4.72 Å². The normalized spacial score (nSPS) is 11.3. The Morgan fingerprint density at radius 1 is 1.08 bits per heavy atom. The van der Waals surface area contributed by atoms with Gasteiger partial charge in [-0.1, -0.05) is 12.1 Å². The van der Waals surface area contributed by atoms with Gasteiger partial charge in [0, 0.05) is 6.54 Å². The van der Waals surface area contributed by atoms with Crippen molar-refractivity contribution in [1.29, 1.82) is 0 Å². The van der Waals surface area contributed by atoms with Crippen molar-refractivity contribution in [1.82, 2.24) is 4.72 Å². The fourth-order valence-corrected chi connectivity index (χ4v) is 3.43. The zero-order valence-corrected chi connectivity index (χ0v) is 15.0. The molecule has 0 atom stereocenters. The molecule has 24 heavy (non-hydrogen) atoms. The highest BCUT2D eigenvalue weighted by molar-refractivity contribution is 7.89. The first-order chi connectivity index (χ1) is 11.5. The number of hydrogen-bond acceptors (Lipinski definition) is 4. The van der Waals surface area contributed by atoms with Gasteiger partial charge in [0.1, 0.15) is 11.5 Å². The van der Waals surface area contributed by atoms with Gasteiger partial charge in [-0.05, 0) is 61.7 Å². The van der Waals surface area contributed by atoms with E-state index in [0.29, 0.717) is 25.3 Å². The van der Waals surface area contributed by atoms with Gasteiger partial charge in [0.15, 0.2) is 0 Å². The molecule has 2 rings (SSSR count). The maximum absolute atomic E-state index is 12.4. The van der Waals surface area contributed by atoms with Crippen LogP contribution in [0.15, 0.2) is 47.4 Å². The van der Waals surface area contributed by atoms with Crippen LogP contribution in [0.4, 0.5) is 0 Å². The van der Waals surface area contributed by atoms with E-state index in [1.165, 1.54) is 0 Å². The van der Waals surface area contributed by atoms with E-state index in [1.807, 2.05) is 38.1 Å². The summed E-state index contributed by atoms with van der Waals surface area (Å²) in [5.74, 6) is 1.49. The number of methoxy groups -OCH3 is 1. The van der Waals surface area contributed by atoms with Gasteiger partial charge in [-0.15, -0.1) is 0 Å². The number of ether oxygens (including phenoxy) is 2. The van der Waals surface area contributed by atoms with Gasteiger partial charge in [0.05, 0.1) is 18.6 Å². The van der Waals surface area contributed by atoms with E-state index in [1.54, 1.807) is 25.3 Å². The SMILES string of the molecule is CCOc1ccc(S(=O)(=O)NCCc2ccc(OC)cc2)cc1C. The molecule has 0 unspecified atom stereocenters. The molecule has 0 amide bonds. The van der Waals surface area contributed by atoms with Crippen LogP contribution in [-0.2, 0) is 16.4 Å². The smallest absolute Gasteiger partial charge is 0.240 e. The predicted octanol–water partition coefficient (Wildman–Crippen LogP) is 2.92. The standard InChI is InChI=1S/C18H23NO4S/c1-4-23-18-10-9-17(13-14(18)2)24(20,21)19-12-11-15-5-7-16(22-3)8-6-15/h5-10,13,19H,4,11-12H2,1-3H3. The van der Waals surface area contributed by atoms with Crippen molar-refractivity contribution in [3.8, 4) is 11.5 Å². The number of sulfonamides is 1. The van der Waals surface area contributed by atoms with Crippen molar-refractivity contribution in [2.24, 2.45) is 0 Å². The number of rotatable bonds is 8. The largest absolute Gasteiger partial charge is 0.497 e. The summed E-state index contributed by atoms with van der Waals surface area (Å²) in [5, 5.41) is 0. The van der Waals surface area contributed by atoms with E-state index < -0.39 is 10.0 Å². The zero-order valence-electron chi connectivity index (χ0n) is 14.2. The molecule has 6 heteroatoms. The lowest BCUT2D eigenvalue weighted by atomic mass is 10.1. The first-order valence-corrected chi connectivity index (χ1v) is 9.30. The first-order valence-electron chi connectivity index (χ1n) is 7.82. The lowest BCUT2D eigenvalue weighted by Crippen LogP contribution is -2.26. The second-order valence-corrected chi connectivity index (χ2v) is 7.12. The summed E-state index contributed by atoms with van der Waals surface area (Å²) in [5.41, 5.74) is 1.84. The molecule has 0 spiro atoms. The molecule has 1 N–H and O–H groups in total. The van der Waals surface area contributed by atoms with Crippen LogP contribution in [0.5, 0.6) is 11.5 Å². The molecule has 0 bridgehead atoms. The highest BCUT2D eigenvalue weighted by Crippen LogP contribution is 2.21. The summed E-state index contributed by atoms with van der Waals surface area (Å²) in [4.78, 5) is 0.248. The van der Waals surface area contributed by atoms with Crippen molar-refractivity contribution in [2.45, 2.75) is 25.2 Å². The summed E-state index contributed by atoms with van der Waals surface area (Å²) in [7, 11) is -1.91. The lowest BCUT2D eigenvalue weighted by Gasteiger charge is -2.11. The fourth-order valence-electron chi connectivity index (χ4n) is 2.31. The van der Waals surface area contributed by atoms with E-state index >= 15 is 0 Å². The molecule has 0 aromatic heterocycles. The second-order valence-electron chi connectivity index (χ2n) is 5.36. The van der Waals surface area contributed by atoms with Crippen LogP contribution in [0, 0.1) is 6.92 Å². The van der Waals surface area contributed by atoms with Gasteiger partial charge in [-0.3, -0.25) is 0 Å². The van der Waals surface area contributed by atoms with Crippen LogP contribution in [-0.4, -0.2) is 28.7 Å². The Kier molecular flexibility index (Phi) is 6.23. The third kappa shape index (κ3) is 4.72. The minimum atomic E-state index is -3.53. The van der Waals surface area contributed by atoms with Crippen molar-refractivity contribution >= 4 is 10.0 Å². The van der Waals surface area contributed by atoms with Crippen LogP contribution >= 0.6 is 0 Å². The van der Waals surface area contributed by atoms with Crippen LogP contribution in [0.1, 0.15) is 18.1 Å². The molecule has 0 heterocycles. The van der Waals surface area contributed by atoms with Gasteiger partial charge in [0.2, 0.25) is 10.0 Å². The molecule has 0 saturated heterocycles. The van der Waals surface area contributed by atoms with Crippen LogP contribution < -0.4 is 14.2 Å². The number of nitrogens with one attached hydrogen (secondary N) is 1. The first kappa shape index (κ1) is 18.3. The van der Waals surface area contributed by atoms with Crippen molar-refractivity contribution in [3.63, 3.8) is 0 Å². The van der Waals surface area contributed by atoms with Gasteiger partial charge in [-0.2, -0.15) is 0 Å². The summed E-state index contributed by atoms with van der Waals surface area (Å²) in [6.07, 6.45) is 0.610.